The van der Waals surface area contributed by atoms with Gasteiger partial charge in [-0.05, 0) is 12.8 Å². The lowest BCUT2D eigenvalue weighted by Gasteiger charge is -2.19. The Balaban J connectivity index is 3.63. The summed E-state index contributed by atoms with van der Waals surface area (Å²) in [5.74, 6) is -1.63. The number of rotatable bonds is 4. The van der Waals surface area contributed by atoms with Crippen LogP contribution < -0.4 is 17.0 Å². The van der Waals surface area contributed by atoms with Crippen LogP contribution in [0.2, 0.25) is 0 Å². The van der Waals surface area contributed by atoms with E-state index in [-0.39, 0.29) is 11.5 Å². The van der Waals surface area contributed by atoms with Gasteiger partial charge in [0.05, 0.1) is 5.56 Å². The van der Waals surface area contributed by atoms with Gasteiger partial charge in [0.25, 0.3) is 5.56 Å². The van der Waals surface area contributed by atoms with Crippen molar-refractivity contribution in [3.8, 4) is 0 Å². The third-order valence-corrected chi connectivity index (χ3v) is 2.59. The fraction of sp³-hybridized carbons (Fsp3) is 0.455. The van der Waals surface area contributed by atoms with Crippen molar-refractivity contribution in [2.45, 2.75) is 26.8 Å². The van der Waals surface area contributed by atoms with E-state index in [2.05, 4.69) is 4.98 Å². The Labute approximate surface area is 103 Å². The number of aromatic amines is 1. The van der Waals surface area contributed by atoms with Crippen molar-refractivity contribution in [1.29, 1.82) is 0 Å². The lowest BCUT2D eigenvalue weighted by atomic mass is 10.0. The molecular formula is C11H15N3O4. The second-order valence-corrected chi connectivity index (χ2v) is 4.33. The molecule has 1 unspecified atom stereocenters. The summed E-state index contributed by atoms with van der Waals surface area (Å²) in [5, 5.41) is 0. The minimum absolute atomic E-state index is 0.179. The number of nitrogens with one attached hydrogen (secondary N) is 1. The Morgan fingerprint density at radius 3 is 2.28 bits per heavy atom. The monoisotopic (exact) mass is 253 g/mol. The average molecular weight is 253 g/mol. The number of hydrogen-bond acceptors (Lipinski definition) is 4. The van der Waals surface area contributed by atoms with E-state index < -0.39 is 29.0 Å². The van der Waals surface area contributed by atoms with Crippen LogP contribution in [0.5, 0.6) is 0 Å². The van der Waals surface area contributed by atoms with Crippen LogP contribution in [0.15, 0.2) is 15.8 Å². The summed E-state index contributed by atoms with van der Waals surface area (Å²) in [4.78, 5) is 48.5. The molecule has 1 atom stereocenters. The summed E-state index contributed by atoms with van der Waals surface area (Å²) in [7, 11) is 0. The molecule has 18 heavy (non-hydrogen) atoms. The van der Waals surface area contributed by atoms with Crippen molar-refractivity contribution in [3.05, 3.63) is 32.6 Å². The molecule has 1 aromatic heterocycles. The van der Waals surface area contributed by atoms with Gasteiger partial charge in [-0.2, -0.15) is 0 Å². The number of ketones is 1. The molecule has 7 nitrogen and oxygen atoms in total. The molecule has 1 heterocycles. The molecule has 98 valence electrons. The Morgan fingerprint density at radius 2 is 1.89 bits per heavy atom. The van der Waals surface area contributed by atoms with Gasteiger partial charge in [0.2, 0.25) is 5.91 Å². The predicted octanol–water partition coefficient (Wildman–Crippen LogP) is -0.578. The number of carbonyl (C=O) groups excluding carboxylic acids is 2. The minimum Gasteiger partial charge on any atom is -0.368 e. The van der Waals surface area contributed by atoms with Crippen molar-refractivity contribution < 1.29 is 9.59 Å². The van der Waals surface area contributed by atoms with E-state index in [0.717, 1.165) is 6.20 Å². The first-order chi connectivity index (χ1) is 8.27. The van der Waals surface area contributed by atoms with Crippen molar-refractivity contribution in [2.24, 2.45) is 11.7 Å². The second kappa shape index (κ2) is 4.99. The molecule has 0 saturated carbocycles. The number of carbonyl (C=O) groups is 2. The van der Waals surface area contributed by atoms with Gasteiger partial charge >= 0.3 is 5.69 Å². The lowest BCUT2D eigenvalue weighted by molar-refractivity contribution is -0.122. The number of primary amides is 1. The third-order valence-electron chi connectivity index (χ3n) is 2.59. The molecule has 0 aliphatic rings. The molecule has 1 amide bonds. The molecule has 0 spiro atoms. The standard InChI is InChI=1S/C11H15N3O4/c1-5(2)8(9(12)16)14-10(17)7(6(3)15)4-13-11(14)18/h4-5,8H,1-3H3,(H2,12,16)(H,13,18). The number of Topliss-reactive ketones (excluding diaryl/α,β-unsaturated/α-hetero) is 1. The van der Waals surface area contributed by atoms with E-state index in [4.69, 9.17) is 5.73 Å². The molecule has 1 rings (SSSR count). The predicted molar refractivity (Wildman–Crippen MR) is 64.4 cm³/mol. The summed E-state index contributed by atoms with van der Waals surface area (Å²) in [6.07, 6.45) is 1.04. The molecule has 0 saturated heterocycles. The number of nitrogens with zero attached hydrogens (tertiary/aromatic N) is 1. The van der Waals surface area contributed by atoms with Crippen molar-refractivity contribution >= 4 is 11.7 Å². The largest absolute Gasteiger partial charge is 0.368 e. The van der Waals surface area contributed by atoms with E-state index in [1.165, 1.54) is 6.92 Å². The van der Waals surface area contributed by atoms with E-state index in [0.29, 0.717) is 4.57 Å². The molecule has 1 aromatic rings. The van der Waals surface area contributed by atoms with Gasteiger partial charge in [-0.1, -0.05) is 13.8 Å². The van der Waals surface area contributed by atoms with Crippen LogP contribution in [0.3, 0.4) is 0 Å². The molecule has 0 bridgehead atoms. The van der Waals surface area contributed by atoms with Crippen molar-refractivity contribution in [2.75, 3.05) is 0 Å². The Kier molecular flexibility index (Phi) is 3.85. The number of H-pyrrole nitrogens is 1. The van der Waals surface area contributed by atoms with Crippen LogP contribution in [-0.2, 0) is 4.79 Å². The highest BCUT2D eigenvalue weighted by atomic mass is 16.2. The highest BCUT2D eigenvalue weighted by Crippen LogP contribution is 2.13. The highest BCUT2D eigenvalue weighted by Gasteiger charge is 2.26. The molecule has 0 aliphatic carbocycles. The summed E-state index contributed by atoms with van der Waals surface area (Å²) in [6.45, 7) is 4.51. The SMILES string of the molecule is CC(=O)c1c[nH]c(=O)n(C(C(N)=O)C(C)C)c1=O. The van der Waals surface area contributed by atoms with Gasteiger partial charge in [-0.15, -0.1) is 0 Å². The third kappa shape index (κ3) is 2.39. The van der Waals surface area contributed by atoms with Gasteiger partial charge in [0.1, 0.15) is 6.04 Å². The number of nitrogens with two attached hydrogens (primary N) is 1. The first-order valence-corrected chi connectivity index (χ1v) is 5.41. The van der Waals surface area contributed by atoms with E-state index in [1.807, 2.05) is 0 Å². The molecule has 0 aliphatic heterocycles. The van der Waals surface area contributed by atoms with E-state index in [1.54, 1.807) is 13.8 Å². The smallest absolute Gasteiger partial charge is 0.329 e. The molecular weight excluding hydrogens is 238 g/mol. The highest BCUT2D eigenvalue weighted by molar-refractivity contribution is 5.93. The van der Waals surface area contributed by atoms with E-state index >= 15 is 0 Å². The van der Waals surface area contributed by atoms with E-state index in [9.17, 15) is 19.2 Å². The van der Waals surface area contributed by atoms with Crippen LogP contribution in [0.4, 0.5) is 0 Å². The van der Waals surface area contributed by atoms with Gasteiger partial charge in [0, 0.05) is 6.20 Å². The van der Waals surface area contributed by atoms with Gasteiger partial charge < -0.3 is 10.7 Å². The molecule has 7 heteroatoms. The quantitative estimate of drug-likeness (QED) is 0.698. The Morgan fingerprint density at radius 1 is 1.33 bits per heavy atom. The zero-order valence-electron chi connectivity index (χ0n) is 10.4. The lowest BCUT2D eigenvalue weighted by Crippen LogP contribution is -2.46. The van der Waals surface area contributed by atoms with Gasteiger partial charge in [-0.3, -0.25) is 14.4 Å². The van der Waals surface area contributed by atoms with Crippen LogP contribution in [0.25, 0.3) is 0 Å². The Hall–Kier alpha value is -2.18. The van der Waals surface area contributed by atoms with Crippen LogP contribution in [0, 0.1) is 5.92 Å². The fourth-order valence-corrected chi connectivity index (χ4v) is 1.75. The van der Waals surface area contributed by atoms with Gasteiger partial charge in [-0.25, -0.2) is 9.36 Å². The van der Waals surface area contributed by atoms with Crippen molar-refractivity contribution in [3.63, 3.8) is 0 Å². The zero-order valence-corrected chi connectivity index (χ0v) is 10.4. The van der Waals surface area contributed by atoms with Crippen molar-refractivity contribution in [1.82, 2.24) is 9.55 Å². The van der Waals surface area contributed by atoms with Crippen LogP contribution in [0.1, 0.15) is 37.2 Å². The maximum absolute atomic E-state index is 12.0. The molecule has 3 N–H and O–H groups in total. The first-order valence-electron chi connectivity index (χ1n) is 5.41. The summed E-state index contributed by atoms with van der Waals surface area (Å²) in [5.41, 5.74) is 3.45. The number of amides is 1. The normalized spacial score (nSPS) is 12.4. The summed E-state index contributed by atoms with van der Waals surface area (Å²) in [6, 6.07) is -1.08. The van der Waals surface area contributed by atoms with Crippen LogP contribution in [-0.4, -0.2) is 21.2 Å². The number of hydrogen-bond donors (Lipinski definition) is 2. The molecule has 0 aromatic carbocycles. The minimum atomic E-state index is -1.08. The summed E-state index contributed by atoms with van der Waals surface area (Å²) < 4.78 is 0.698. The zero-order chi connectivity index (χ0) is 14.0. The Bertz CT molecular complexity index is 597. The van der Waals surface area contributed by atoms with Gasteiger partial charge in [0.15, 0.2) is 5.78 Å². The molecule has 0 radical (unpaired) electrons. The average Bonchev–Trinajstić information content (AvgIpc) is 2.21. The molecule has 0 fully saturated rings. The topological polar surface area (TPSA) is 115 Å². The second-order valence-electron chi connectivity index (χ2n) is 4.33. The maximum atomic E-state index is 12.0. The fourth-order valence-electron chi connectivity index (χ4n) is 1.75. The van der Waals surface area contributed by atoms with Crippen LogP contribution >= 0.6 is 0 Å². The first kappa shape index (κ1) is 13.9. The number of aromatic nitrogens is 2. The summed E-state index contributed by atoms with van der Waals surface area (Å²) >= 11 is 0. The maximum Gasteiger partial charge on any atom is 0.329 e.